The Hall–Kier alpha value is -1.47. The fraction of sp³-hybridized carbons (Fsp3) is 0.467. The number of rotatable bonds is 7. The van der Waals surface area contributed by atoms with E-state index < -0.39 is 34.6 Å². The van der Waals surface area contributed by atoms with Gasteiger partial charge in [0.15, 0.2) is 9.84 Å². The fourth-order valence-electron chi connectivity index (χ4n) is 2.19. The lowest BCUT2D eigenvalue weighted by Crippen LogP contribution is -2.35. The first-order valence-corrected chi connectivity index (χ1v) is 12.3. The number of nitrogens with zero attached hydrogens (tertiary/aromatic N) is 1. The number of benzene rings is 1. The monoisotopic (exact) mass is 341 g/mol. The molecule has 0 spiro atoms. The molecule has 7 heteroatoms. The predicted octanol–water partition coefficient (Wildman–Crippen LogP) is 3.31. The van der Waals surface area contributed by atoms with Crippen LogP contribution in [0.3, 0.4) is 0 Å². The van der Waals surface area contributed by atoms with Crippen LogP contribution in [0.2, 0.25) is 25.7 Å². The molecule has 0 aromatic heterocycles. The Labute approximate surface area is 133 Å². The van der Waals surface area contributed by atoms with Crippen LogP contribution in [0, 0.1) is 17.0 Å². The first kappa shape index (κ1) is 18.6. The van der Waals surface area contributed by atoms with Gasteiger partial charge in [-0.2, -0.15) is 0 Å². The molecule has 0 saturated carbocycles. The van der Waals surface area contributed by atoms with E-state index in [-0.39, 0.29) is 10.5 Å². The Balaban J connectivity index is 3.26. The SMILES string of the molecule is C=C(C[N+](=O)[O-])C(C[Si](C)(C)C)S(=O)(=O)c1ccc(C)cc1. The lowest BCUT2D eigenvalue weighted by molar-refractivity contribution is -0.470. The van der Waals surface area contributed by atoms with Crippen molar-refractivity contribution in [2.45, 2.75) is 42.8 Å². The standard InChI is InChI=1S/C15H23NO4SSi/c1-12-6-8-14(9-7-12)21(19,20)15(11-22(3,4)5)13(2)10-16(17)18/h6-9,15H,2,10-11H2,1,3-5H3. The molecule has 1 atom stereocenters. The summed E-state index contributed by atoms with van der Waals surface area (Å²) >= 11 is 0. The summed E-state index contributed by atoms with van der Waals surface area (Å²) in [5.41, 5.74) is 1.12. The highest BCUT2D eigenvalue weighted by Gasteiger charge is 2.35. The quantitative estimate of drug-likeness (QED) is 0.330. The van der Waals surface area contributed by atoms with Gasteiger partial charge in [-0.1, -0.05) is 43.9 Å². The van der Waals surface area contributed by atoms with Gasteiger partial charge in [-0.25, -0.2) is 8.42 Å². The molecule has 0 N–H and O–H groups in total. The smallest absolute Gasteiger partial charge is 0.225 e. The van der Waals surface area contributed by atoms with Crippen LogP contribution in [0.5, 0.6) is 0 Å². The molecule has 22 heavy (non-hydrogen) atoms. The Bertz CT molecular complexity index is 660. The minimum atomic E-state index is -3.67. The highest BCUT2D eigenvalue weighted by molar-refractivity contribution is 7.92. The molecule has 0 heterocycles. The summed E-state index contributed by atoms with van der Waals surface area (Å²) in [4.78, 5) is 10.4. The molecule has 1 rings (SSSR count). The van der Waals surface area contributed by atoms with Gasteiger partial charge >= 0.3 is 0 Å². The minimum absolute atomic E-state index is 0.160. The van der Waals surface area contributed by atoms with Crippen LogP contribution in [0.15, 0.2) is 41.3 Å². The van der Waals surface area contributed by atoms with Gasteiger partial charge in [0, 0.05) is 18.6 Å². The second-order valence-corrected chi connectivity index (χ2v) is 14.4. The van der Waals surface area contributed by atoms with Gasteiger partial charge in [0.05, 0.1) is 10.1 Å². The number of hydrogen-bond acceptors (Lipinski definition) is 4. The van der Waals surface area contributed by atoms with Gasteiger partial charge in [-0.05, 0) is 25.1 Å². The molecular formula is C15H23NO4SSi. The van der Waals surface area contributed by atoms with Crippen molar-refractivity contribution < 1.29 is 13.3 Å². The Morgan fingerprint density at radius 3 is 2.18 bits per heavy atom. The normalized spacial score (nSPS) is 13.6. The summed E-state index contributed by atoms with van der Waals surface area (Å²) < 4.78 is 25.8. The molecule has 1 aromatic carbocycles. The van der Waals surface area contributed by atoms with Crippen LogP contribution in [0.4, 0.5) is 0 Å². The maximum Gasteiger partial charge on any atom is 0.225 e. The molecule has 0 amide bonds. The lowest BCUT2D eigenvalue weighted by atomic mass is 10.2. The number of hydrogen-bond donors (Lipinski definition) is 0. The van der Waals surface area contributed by atoms with E-state index in [2.05, 4.69) is 6.58 Å². The van der Waals surface area contributed by atoms with Crippen molar-refractivity contribution in [1.29, 1.82) is 0 Å². The largest absolute Gasteiger partial charge is 0.264 e. The highest BCUT2D eigenvalue weighted by Crippen LogP contribution is 2.28. The van der Waals surface area contributed by atoms with Crippen molar-refractivity contribution in [2.24, 2.45) is 0 Å². The van der Waals surface area contributed by atoms with Crippen molar-refractivity contribution in [2.75, 3.05) is 6.54 Å². The minimum Gasteiger partial charge on any atom is -0.264 e. The zero-order chi connectivity index (χ0) is 17.1. The number of sulfone groups is 1. The van der Waals surface area contributed by atoms with Crippen LogP contribution in [-0.2, 0) is 9.84 Å². The van der Waals surface area contributed by atoms with Gasteiger partial charge in [-0.3, -0.25) is 10.1 Å². The molecule has 1 aromatic rings. The van der Waals surface area contributed by atoms with Gasteiger partial charge in [0.2, 0.25) is 6.54 Å². The van der Waals surface area contributed by atoms with E-state index >= 15 is 0 Å². The topological polar surface area (TPSA) is 77.3 Å². The maximum absolute atomic E-state index is 12.9. The van der Waals surface area contributed by atoms with E-state index in [1.807, 2.05) is 26.6 Å². The molecule has 0 bridgehead atoms. The summed E-state index contributed by atoms with van der Waals surface area (Å²) in [5, 5.41) is 9.85. The first-order valence-electron chi connectivity index (χ1n) is 7.03. The molecule has 5 nitrogen and oxygen atoms in total. The zero-order valence-electron chi connectivity index (χ0n) is 13.5. The van der Waals surface area contributed by atoms with E-state index in [1.165, 1.54) is 0 Å². The molecule has 0 fully saturated rings. The Morgan fingerprint density at radius 2 is 1.77 bits per heavy atom. The fourth-order valence-corrected chi connectivity index (χ4v) is 7.33. The molecular weight excluding hydrogens is 318 g/mol. The van der Waals surface area contributed by atoms with E-state index in [1.54, 1.807) is 24.3 Å². The molecule has 0 aliphatic heterocycles. The third kappa shape index (κ3) is 5.06. The van der Waals surface area contributed by atoms with Crippen molar-refractivity contribution in [3.63, 3.8) is 0 Å². The summed E-state index contributed by atoms with van der Waals surface area (Å²) in [6.07, 6.45) is 0. The Kier molecular flexibility index (Phi) is 5.69. The van der Waals surface area contributed by atoms with Gasteiger partial charge < -0.3 is 0 Å². The summed E-state index contributed by atoms with van der Waals surface area (Å²) in [6, 6.07) is 7.00. The molecule has 0 radical (unpaired) electrons. The van der Waals surface area contributed by atoms with Crippen LogP contribution in [0.1, 0.15) is 5.56 Å². The lowest BCUT2D eigenvalue weighted by Gasteiger charge is -2.25. The molecule has 122 valence electrons. The van der Waals surface area contributed by atoms with Gasteiger partial charge in [0.1, 0.15) is 0 Å². The Morgan fingerprint density at radius 1 is 1.27 bits per heavy atom. The van der Waals surface area contributed by atoms with Crippen LogP contribution >= 0.6 is 0 Å². The van der Waals surface area contributed by atoms with E-state index in [4.69, 9.17) is 0 Å². The molecule has 1 unspecified atom stereocenters. The maximum atomic E-state index is 12.9. The second kappa shape index (κ2) is 6.74. The zero-order valence-corrected chi connectivity index (χ0v) is 15.3. The highest BCUT2D eigenvalue weighted by atomic mass is 32.2. The average Bonchev–Trinajstić information content (AvgIpc) is 2.34. The summed E-state index contributed by atoms with van der Waals surface area (Å²) in [6.45, 7) is 11.2. The third-order valence-corrected chi connectivity index (χ3v) is 7.42. The molecule has 0 saturated heterocycles. The first-order chi connectivity index (χ1) is 9.93. The van der Waals surface area contributed by atoms with E-state index in [0.29, 0.717) is 6.04 Å². The van der Waals surface area contributed by atoms with Crippen molar-refractivity contribution in [1.82, 2.24) is 0 Å². The predicted molar refractivity (Wildman–Crippen MR) is 91.3 cm³/mol. The van der Waals surface area contributed by atoms with E-state index in [9.17, 15) is 18.5 Å². The van der Waals surface area contributed by atoms with Crippen LogP contribution in [-0.4, -0.2) is 33.2 Å². The number of aryl methyl sites for hydroxylation is 1. The van der Waals surface area contributed by atoms with Crippen LogP contribution in [0.25, 0.3) is 0 Å². The number of nitro groups is 1. The second-order valence-electron chi connectivity index (χ2n) is 6.76. The molecule has 0 aliphatic carbocycles. The van der Waals surface area contributed by atoms with Crippen LogP contribution < -0.4 is 0 Å². The van der Waals surface area contributed by atoms with E-state index in [0.717, 1.165) is 5.56 Å². The van der Waals surface area contributed by atoms with Gasteiger partial charge in [0.25, 0.3) is 0 Å². The average molecular weight is 342 g/mol. The summed E-state index contributed by atoms with van der Waals surface area (Å²) in [7, 11) is -5.42. The van der Waals surface area contributed by atoms with Crippen molar-refractivity contribution in [3.8, 4) is 0 Å². The van der Waals surface area contributed by atoms with Crippen molar-refractivity contribution in [3.05, 3.63) is 52.1 Å². The summed E-state index contributed by atoms with van der Waals surface area (Å²) in [5.74, 6) is 0. The third-order valence-electron chi connectivity index (χ3n) is 3.31. The molecule has 0 aliphatic rings. The van der Waals surface area contributed by atoms with Crippen molar-refractivity contribution >= 4 is 17.9 Å². The van der Waals surface area contributed by atoms with Gasteiger partial charge in [-0.15, -0.1) is 0 Å².